The zero-order valence-electron chi connectivity index (χ0n) is 15.2. The SMILES string of the molecule is O=C(/C=C/C(=O)c1ccc(C2CCCCC2)cc1)NCC1=CCCC=C1.[HH]. The number of nitrogens with one attached hydrogen (secondary N) is 1. The summed E-state index contributed by atoms with van der Waals surface area (Å²) in [4.78, 5) is 24.1. The molecule has 3 heteroatoms. The minimum atomic E-state index is -0.239. The van der Waals surface area contributed by atoms with Gasteiger partial charge >= 0.3 is 0 Å². The van der Waals surface area contributed by atoms with Crippen molar-refractivity contribution in [3.05, 3.63) is 71.3 Å². The van der Waals surface area contributed by atoms with E-state index < -0.39 is 0 Å². The van der Waals surface area contributed by atoms with E-state index in [1.807, 2.05) is 18.2 Å². The lowest BCUT2D eigenvalue weighted by Crippen LogP contribution is -2.23. The fraction of sp³-hybridized carbons (Fsp3) is 0.391. The Morgan fingerprint density at radius 1 is 1.04 bits per heavy atom. The molecule has 0 bridgehead atoms. The summed E-state index contributed by atoms with van der Waals surface area (Å²) in [6.45, 7) is 0.504. The van der Waals surface area contributed by atoms with E-state index in [4.69, 9.17) is 0 Å². The number of allylic oxidation sites excluding steroid dienone is 3. The van der Waals surface area contributed by atoms with Crippen LogP contribution in [0, 0.1) is 0 Å². The minimum absolute atomic E-state index is 0. The van der Waals surface area contributed by atoms with Crippen LogP contribution in [-0.4, -0.2) is 18.2 Å². The van der Waals surface area contributed by atoms with Gasteiger partial charge in [0.2, 0.25) is 5.91 Å². The highest BCUT2D eigenvalue weighted by Crippen LogP contribution is 2.32. The average Bonchev–Trinajstić information content (AvgIpc) is 2.72. The van der Waals surface area contributed by atoms with E-state index in [2.05, 4.69) is 29.6 Å². The fourth-order valence-electron chi connectivity index (χ4n) is 3.65. The van der Waals surface area contributed by atoms with Gasteiger partial charge in [-0.05, 0) is 48.8 Å². The number of ketones is 1. The van der Waals surface area contributed by atoms with Crippen LogP contribution in [0.2, 0.25) is 0 Å². The molecule has 3 nitrogen and oxygen atoms in total. The maximum absolute atomic E-state index is 12.3. The molecule has 0 radical (unpaired) electrons. The predicted molar refractivity (Wildman–Crippen MR) is 107 cm³/mol. The van der Waals surface area contributed by atoms with Gasteiger partial charge < -0.3 is 5.32 Å². The zero-order chi connectivity index (χ0) is 18.2. The van der Waals surface area contributed by atoms with Crippen molar-refractivity contribution in [2.75, 3.05) is 6.54 Å². The lowest BCUT2D eigenvalue weighted by molar-refractivity contribution is -0.116. The van der Waals surface area contributed by atoms with E-state index in [1.165, 1.54) is 49.8 Å². The molecule has 1 aromatic carbocycles. The van der Waals surface area contributed by atoms with Crippen molar-refractivity contribution in [1.82, 2.24) is 5.32 Å². The topological polar surface area (TPSA) is 46.2 Å². The van der Waals surface area contributed by atoms with Crippen molar-refractivity contribution >= 4 is 11.7 Å². The molecule has 3 rings (SSSR count). The first-order valence-electron chi connectivity index (χ1n) is 9.68. The Balaban J connectivity index is 0.00000261. The van der Waals surface area contributed by atoms with Crippen molar-refractivity contribution in [2.24, 2.45) is 0 Å². The first-order valence-corrected chi connectivity index (χ1v) is 9.68. The molecule has 1 saturated carbocycles. The first kappa shape index (κ1) is 18.4. The Labute approximate surface area is 157 Å². The monoisotopic (exact) mass is 351 g/mol. The van der Waals surface area contributed by atoms with Crippen LogP contribution >= 0.6 is 0 Å². The molecule has 1 N–H and O–H groups in total. The molecule has 2 aliphatic carbocycles. The molecule has 0 spiro atoms. The molecular formula is C23H29NO2. The number of rotatable bonds is 6. The van der Waals surface area contributed by atoms with Gasteiger partial charge in [0.25, 0.3) is 0 Å². The Morgan fingerprint density at radius 3 is 2.50 bits per heavy atom. The number of carbonyl (C=O) groups is 2. The lowest BCUT2D eigenvalue weighted by atomic mass is 9.84. The summed E-state index contributed by atoms with van der Waals surface area (Å²) >= 11 is 0. The number of carbonyl (C=O) groups excluding carboxylic acids is 2. The third kappa shape index (κ3) is 5.29. The lowest BCUT2D eigenvalue weighted by Gasteiger charge is -2.21. The maximum Gasteiger partial charge on any atom is 0.244 e. The van der Waals surface area contributed by atoms with Crippen LogP contribution in [0.3, 0.4) is 0 Å². The van der Waals surface area contributed by atoms with Crippen molar-refractivity contribution in [2.45, 2.75) is 50.9 Å². The highest BCUT2D eigenvalue weighted by molar-refractivity contribution is 6.07. The molecule has 0 aromatic heterocycles. The summed E-state index contributed by atoms with van der Waals surface area (Å²) in [7, 11) is 0. The standard InChI is InChI=1S/C23H27NO2.H2/c25-22(15-16-23(26)24-17-18-7-3-1-4-8-18)21-13-11-20(12-14-21)19-9-5-2-6-10-19;/h3,7-8,11-16,19H,1-2,4-6,9-10,17H2,(H,24,26);1H/b16-15+;. The molecular weight excluding hydrogens is 322 g/mol. The summed E-state index contributed by atoms with van der Waals surface area (Å²) in [5, 5.41) is 2.81. The fourth-order valence-corrected chi connectivity index (χ4v) is 3.65. The molecule has 1 fully saturated rings. The van der Waals surface area contributed by atoms with Gasteiger partial charge in [-0.25, -0.2) is 0 Å². The third-order valence-electron chi connectivity index (χ3n) is 5.20. The summed E-state index contributed by atoms with van der Waals surface area (Å²) in [6.07, 6.45) is 17.5. The molecule has 0 atom stereocenters. The van der Waals surface area contributed by atoms with Gasteiger partial charge in [-0.2, -0.15) is 0 Å². The third-order valence-corrected chi connectivity index (χ3v) is 5.20. The second-order valence-corrected chi connectivity index (χ2v) is 7.13. The highest BCUT2D eigenvalue weighted by Gasteiger charge is 2.15. The van der Waals surface area contributed by atoms with Crippen LogP contribution < -0.4 is 5.32 Å². The van der Waals surface area contributed by atoms with Crippen molar-refractivity contribution in [3.63, 3.8) is 0 Å². The summed E-state index contributed by atoms with van der Waals surface area (Å²) < 4.78 is 0. The zero-order valence-corrected chi connectivity index (χ0v) is 15.2. The Morgan fingerprint density at radius 2 is 1.81 bits per heavy atom. The Hall–Kier alpha value is -2.42. The molecule has 1 aromatic rings. The van der Waals surface area contributed by atoms with Crippen molar-refractivity contribution < 1.29 is 11.0 Å². The van der Waals surface area contributed by atoms with Crippen LogP contribution in [0.5, 0.6) is 0 Å². The summed E-state index contributed by atoms with van der Waals surface area (Å²) in [6, 6.07) is 7.90. The van der Waals surface area contributed by atoms with E-state index in [0.717, 1.165) is 18.4 Å². The number of hydrogen-bond donors (Lipinski definition) is 1. The molecule has 0 heterocycles. The minimum Gasteiger partial charge on any atom is -0.348 e. The van der Waals surface area contributed by atoms with Crippen LogP contribution in [0.15, 0.2) is 60.2 Å². The van der Waals surface area contributed by atoms with E-state index >= 15 is 0 Å². The largest absolute Gasteiger partial charge is 0.348 e. The molecule has 0 aliphatic heterocycles. The molecule has 138 valence electrons. The molecule has 26 heavy (non-hydrogen) atoms. The van der Waals surface area contributed by atoms with Gasteiger partial charge in [-0.3, -0.25) is 9.59 Å². The van der Waals surface area contributed by atoms with E-state index in [1.54, 1.807) is 0 Å². The van der Waals surface area contributed by atoms with Gasteiger partial charge in [-0.15, -0.1) is 0 Å². The predicted octanol–water partition coefficient (Wildman–Crippen LogP) is 5.11. The summed E-state index contributed by atoms with van der Waals surface area (Å²) in [5.74, 6) is 0.265. The number of amides is 1. The maximum atomic E-state index is 12.3. The van der Waals surface area contributed by atoms with Gasteiger partial charge in [0.15, 0.2) is 5.78 Å². The Kier molecular flexibility index (Phi) is 6.59. The van der Waals surface area contributed by atoms with E-state index in [9.17, 15) is 9.59 Å². The molecule has 2 aliphatic rings. The highest BCUT2D eigenvalue weighted by atomic mass is 16.1. The molecule has 0 saturated heterocycles. The van der Waals surface area contributed by atoms with E-state index in [-0.39, 0.29) is 13.1 Å². The van der Waals surface area contributed by atoms with Crippen LogP contribution in [0.4, 0.5) is 0 Å². The quantitative estimate of drug-likeness (QED) is 0.572. The van der Waals surface area contributed by atoms with Gasteiger partial charge in [0.05, 0.1) is 0 Å². The average molecular weight is 351 g/mol. The van der Waals surface area contributed by atoms with Crippen LogP contribution in [0.25, 0.3) is 0 Å². The van der Waals surface area contributed by atoms with E-state index in [0.29, 0.717) is 18.0 Å². The van der Waals surface area contributed by atoms with Crippen molar-refractivity contribution in [1.29, 1.82) is 0 Å². The smallest absolute Gasteiger partial charge is 0.244 e. The van der Waals surface area contributed by atoms with Gasteiger partial charge in [-0.1, -0.05) is 61.8 Å². The summed E-state index contributed by atoms with van der Waals surface area (Å²) in [5.41, 5.74) is 3.07. The molecule has 1 amide bonds. The second-order valence-electron chi connectivity index (χ2n) is 7.13. The van der Waals surface area contributed by atoms with Crippen molar-refractivity contribution in [3.8, 4) is 0 Å². The first-order chi connectivity index (χ1) is 12.7. The normalized spacial score (nSPS) is 17.9. The van der Waals surface area contributed by atoms with Gasteiger partial charge in [0, 0.05) is 19.6 Å². The van der Waals surface area contributed by atoms with Crippen LogP contribution in [-0.2, 0) is 4.79 Å². The number of benzene rings is 1. The molecule has 0 unspecified atom stereocenters. The second kappa shape index (κ2) is 9.33. The van der Waals surface area contributed by atoms with Gasteiger partial charge in [0.1, 0.15) is 0 Å². The van der Waals surface area contributed by atoms with Crippen LogP contribution in [0.1, 0.15) is 68.2 Å². The Bertz CT molecular complexity index is 725. The number of hydrogen-bond acceptors (Lipinski definition) is 2.